The van der Waals surface area contributed by atoms with Gasteiger partial charge in [-0.2, -0.15) is 0 Å². The number of rotatable bonds is 2. The van der Waals surface area contributed by atoms with Crippen molar-refractivity contribution in [3.05, 3.63) is 0 Å². The maximum Gasteiger partial charge on any atom is 0.0216 e. The monoisotopic (exact) mass is 144 g/mol. The summed E-state index contributed by atoms with van der Waals surface area (Å²) in [5.41, 5.74) is 6.14. The van der Waals surface area contributed by atoms with E-state index in [9.17, 15) is 0 Å². The smallest absolute Gasteiger partial charge is 0.0216 e. The van der Waals surface area contributed by atoms with Crippen molar-refractivity contribution in [2.75, 3.05) is 20.6 Å². The third kappa shape index (κ3) is 3.85. The Morgan fingerprint density at radius 2 is 1.70 bits per heavy atom. The van der Waals surface area contributed by atoms with Gasteiger partial charge in [-0.15, -0.1) is 0 Å². The molecule has 62 valence electrons. The molecule has 0 aliphatic carbocycles. The van der Waals surface area contributed by atoms with Crippen LogP contribution in [0.4, 0.5) is 0 Å². The highest BCUT2D eigenvalue weighted by atomic mass is 15.1. The van der Waals surface area contributed by atoms with Gasteiger partial charge >= 0.3 is 0 Å². The van der Waals surface area contributed by atoms with Gasteiger partial charge in [-0.05, 0) is 19.5 Å². The van der Waals surface area contributed by atoms with Crippen molar-refractivity contribution < 1.29 is 0 Å². The molecule has 0 amide bonds. The summed E-state index contributed by atoms with van der Waals surface area (Å²) in [6, 6.07) is 0.266. The van der Waals surface area contributed by atoms with Gasteiger partial charge in [0, 0.05) is 12.6 Å². The molecule has 0 bridgehead atoms. The summed E-state index contributed by atoms with van der Waals surface area (Å²) in [7, 11) is 4.09. The molecule has 2 N–H and O–H groups in total. The van der Waals surface area contributed by atoms with Gasteiger partial charge in [-0.25, -0.2) is 0 Å². The minimum atomic E-state index is 0.226. The molecule has 0 heterocycles. The second kappa shape index (κ2) is 3.35. The topological polar surface area (TPSA) is 29.3 Å². The largest absolute Gasteiger partial charge is 0.326 e. The zero-order valence-corrected chi connectivity index (χ0v) is 7.81. The molecule has 0 aliphatic rings. The van der Waals surface area contributed by atoms with Crippen LogP contribution in [-0.4, -0.2) is 31.6 Å². The van der Waals surface area contributed by atoms with E-state index >= 15 is 0 Å². The van der Waals surface area contributed by atoms with Gasteiger partial charge in [0.25, 0.3) is 0 Å². The number of nitrogens with zero attached hydrogens (tertiary/aromatic N) is 1. The molecule has 0 unspecified atom stereocenters. The molecule has 0 aromatic rings. The lowest BCUT2D eigenvalue weighted by Gasteiger charge is -2.29. The Morgan fingerprint density at radius 3 is 1.80 bits per heavy atom. The second-order valence-electron chi connectivity index (χ2n) is 4.23. The van der Waals surface area contributed by atoms with Crippen LogP contribution in [-0.2, 0) is 0 Å². The molecular weight excluding hydrogens is 124 g/mol. The van der Waals surface area contributed by atoms with Gasteiger partial charge in [0.05, 0.1) is 0 Å². The first kappa shape index (κ1) is 9.92. The first-order chi connectivity index (χ1) is 4.34. The zero-order valence-electron chi connectivity index (χ0n) is 7.81. The Bertz CT molecular complexity index is 91.9. The zero-order chi connectivity index (χ0) is 8.36. The summed E-state index contributed by atoms with van der Waals surface area (Å²) in [5, 5.41) is 0. The molecule has 0 fully saturated rings. The summed E-state index contributed by atoms with van der Waals surface area (Å²) in [6.07, 6.45) is 0. The number of hydrogen-bond acceptors (Lipinski definition) is 2. The van der Waals surface area contributed by atoms with Crippen LogP contribution < -0.4 is 5.73 Å². The van der Waals surface area contributed by atoms with Gasteiger partial charge in [0.15, 0.2) is 0 Å². The molecule has 1 atom stereocenters. The molecule has 0 spiro atoms. The van der Waals surface area contributed by atoms with Gasteiger partial charge in [0.1, 0.15) is 0 Å². The van der Waals surface area contributed by atoms with Crippen molar-refractivity contribution >= 4 is 0 Å². The summed E-state index contributed by atoms with van der Waals surface area (Å²) >= 11 is 0. The number of likely N-dealkylation sites (N-methyl/N-ethyl adjacent to an activating group) is 1. The van der Waals surface area contributed by atoms with E-state index in [0.717, 1.165) is 6.54 Å². The van der Waals surface area contributed by atoms with Crippen molar-refractivity contribution in [3.8, 4) is 0 Å². The molecule has 0 saturated carbocycles. The predicted octanol–water partition coefficient (Wildman–Crippen LogP) is 0.921. The van der Waals surface area contributed by atoms with E-state index in [2.05, 4.69) is 25.7 Å². The second-order valence-corrected chi connectivity index (χ2v) is 4.23. The molecule has 2 nitrogen and oxygen atoms in total. The van der Waals surface area contributed by atoms with E-state index in [1.54, 1.807) is 0 Å². The Balaban J connectivity index is 3.73. The lowest BCUT2D eigenvalue weighted by Crippen LogP contribution is -2.43. The average Bonchev–Trinajstić information content (AvgIpc) is 1.60. The highest BCUT2D eigenvalue weighted by Gasteiger charge is 2.20. The van der Waals surface area contributed by atoms with E-state index in [1.807, 2.05) is 14.1 Å². The van der Waals surface area contributed by atoms with Crippen molar-refractivity contribution in [3.63, 3.8) is 0 Å². The van der Waals surface area contributed by atoms with Gasteiger partial charge in [-0.1, -0.05) is 20.8 Å². The third-order valence-corrected chi connectivity index (χ3v) is 1.67. The summed E-state index contributed by atoms with van der Waals surface area (Å²) < 4.78 is 0. The van der Waals surface area contributed by atoms with Crippen LogP contribution in [0.1, 0.15) is 20.8 Å². The fourth-order valence-electron chi connectivity index (χ4n) is 0.667. The molecule has 0 saturated heterocycles. The highest BCUT2D eigenvalue weighted by molar-refractivity contribution is 4.78. The van der Waals surface area contributed by atoms with Crippen LogP contribution in [0.15, 0.2) is 0 Å². The van der Waals surface area contributed by atoms with Gasteiger partial charge < -0.3 is 10.6 Å². The maximum absolute atomic E-state index is 5.91. The predicted molar refractivity (Wildman–Crippen MR) is 46.0 cm³/mol. The number of nitrogens with two attached hydrogens (primary N) is 1. The van der Waals surface area contributed by atoms with Crippen LogP contribution in [0.3, 0.4) is 0 Å². The Kier molecular flexibility index (Phi) is 3.33. The van der Waals surface area contributed by atoms with E-state index in [4.69, 9.17) is 5.73 Å². The minimum absolute atomic E-state index is 0.226. The van der Waals surface area contributed by atoms with Crippen molar-refractivity contribution in [2.24, 2.45) is 11.1 Å². The lowest BCUT2D eigenvalue weighted by molar-refractivity contribution is 0.251. The third-order valence-electron chi connectivity index (χ3n) is 1.67. The normalized spacial score (nSPS) is 15.9. The molecule has 10 heavy (non-hydrogen) atoms. The van der Waals surface area contributed by atoms with Crippen LogP contribution in [0, 0.1) is 5.41 Å². The van der Waals surface area contributed by atoms with E-state index in [-0.39, 0.29) is 11.5 Å². The van der Waals surface area contributed by atoms with Crippen LogP contribution in [0.25, 0.3) is 0 Å². The molecule has 2 heteroatoms. The maximum atomic E-state index is 5.91. The van der Waals surface area contributed by atoms with Crippen LogP contribution in [0.2, 0.25) is 0 Å². The van der Waals surface area contributed by atoms with Crippen molar-refractivity contribution in [1.82, 2.24) is 4.90 Å². The molecule has 0 aromatic heterocycles. The fourth-order valence-corrected chi connectivity index (χ4v) is 0.667. The average molecular weight is 144 g/mol. The van der Waals surface area contributed by atoms with Crippen molar-refractivity contribution in [2.45, 2.75) is 26.8 Å². The standard InChI is InChI=1S/C8H20N2/c1-8(2,3)7(9)6-10(4)5/h7H,6,9H2,1-5H3/t7-/m1/s1. The molecule has 0 aliphatic heterocycles. The van der Waals surface area contributed by atoms with E-state index < -0.39 is 0 Å². The Labute approximate surface area is 64.4 Å². The van der Waals surface area contributed by atoms with Gasteiger partial charge in [0.2, 0.25) is 0 Å². The minimum Gasteiger partial charge on any atom is -0.326 e. The lowest BCUT2D eigenvalue weighted by atomic mass is 9.87. The SMILES string of the molecule is CN(C)C[C@@H](N)C(C)(C)C. The van der Waals surface area contributed by atoms with Crippen LogP contribution in [0.5, 0.6) is 0 Å². The Morgan fingerprint density at radius 1 is 1.30 bits per heavy atom. The van der Waals surface area contributed by atoms with Crippen LogP contribution >= 0.6 is 0 Å². The summed E-state index contributed by atoms with van der Waals surface area (Å²) in [6.45, 7) is 7.47. The fraction of sp³-hybridized carbons (Fsp3) is 1.00. The van der Waals surface area contributed by atoms with E-state index in [1.165, 1.54) is 0 Å². The summed E-state index contributed by atoms with van der Waals surface area (Å²) in [5.74, 6) is 0. The van der Waals surface area contributed by atoms with E-state index in [0.29, 0.717) is 0 Å². The first-order valence-electron chi connectivity index (χ1n) is 3.74. The molecular formula is C8H20N2. The van der Waals surface area contributed by atoms with Crippen molar-refractivity contribution in [1.29, 1.82) is 0 Å². The highest BCUT2D eigenvalue weighted by Crippen LogP contribution is 2.17. The molecule has 0 radical (unpaired) electrons. The first-order valence-corrected chi connectivity index (χ1v) is 3.74. The summed E-state index contributed by atoms with van der Waals surface area (Å²) in [4.78, 5) is 2.12. The van der Waals surface area contributed by atoms with Gasteiger partial charge in [-0.3, -0.25) is 0 Å². The molecule has 0 aromatic carbocycles. The quantitative estimate of drug-likeness (QED) is 0.624. The number of hydrogen-bond donors (Lipinski definition) is 1. The Hall–Kier alpha value is -0.0800. The molecule has 0 rings (SSSR count).